The van der Waals surface area contributed by atoms with Gasteiger partial charge in [-0.3, -0.25) is 0 Å². The van der Waals surface area contributed by atoms with Crippen molar-refractivity contribution in [2.24, 2.45) is 0 Å². The van der Waals surface area contributed by atoms with Gasteiger partial charge >= 0.3 is 0 Å². The van der Waals surface area contributed by atoms with Crippen LogP contribution in [0, 0.1) is 0 Å². The lowest BCUT2D eigenvalue weighted by Crippen LogP contribution is -2.03. The largest absolute Gasteiger partial charge is 0.508 e. The summed E-state index contributed by atoms with van der Waals surface area (Å²) in [6, 6.07) is 8.71. The SMILES string of the molecule is OCCO.OCCO.OCCOOCCO.Oc1ccccc1. The predicted molar refractivity (Wildman–Crippen MR) is 82.5 cm³/mol. The van der Waals surface area contributed by atoms with Gasteiger partial charge in [-0.15, -0.1) is 0 Å². The molecule has 0 unspecified atom stereocenters. The molecule has 9 heteroatoms. The smallest absolute Gasteiger partial charge is 0.115 e. The van der Waals surface area contributed by atoms with E-state index in [1.807, 2.05) is 6.07 Å². The molecule has 0 spiro atoms. The molecule has 0 radical (unpaired) electrons. The van der Waals surface area contributed by atoms with Crippen LogP contribution in [0.15, 0.2) is 30.3 Å². The number of phenolic OH excluding ortho intramolecular Hbond substituents is 1. The van der Waals surface area contributed by atoms with Crippen LogP contribution >= 0.6 is 0 Å². The Kier molecular flexibility index (Phi) is 33.3. The van der Waals surface area contributed by atoms with Crippen LogP contribution < -0.4 is 0 Å². The molecule has 0 aliphatic carbocycles. The third-order valence-electron chi connectivity index (χ3n) is 1.39. The van der Waals surface area contributed by atoms with Gasteiger partial charge in [0, 0.05) is 0 Å². The first-order valence-electron chi connectivity index (χ1n) is 6.78. The quantitative estimate of drug-likeness (QED) is 0.173. The van der Waals surface area contributed by atoms with Gasteiger partial charge in [0.2, 0.25) is 0 Å². The van der Waals surface area contributed by atoms with Crippen LogP contribution in [0.3, 0.4) is 0 Å². The van der Waals surface area contributed by atoms with Gasteiger partial charge < -0.3 is 35.7 Å². The highest BCUT2D eigenvalue weighted by Gasteiger charge is 1.83. The van der Waals surface area contributed by atoms with Gasteiger partial charge in [-0.25, -0.2) is 9.78 Å². The molecule has 0 atom stereocenters. The van der Waals surface area contributed by atoms with Gasteiger partial charge in [0.05, 0.1) is 39.6 Å². The first-order valence-corrected chi connectivity index (χ1v) is 6.78. The first-order chi connectivity index (χ1) is 11.1. The maximum absolute atomic E-state index is 8.63. The van der Waals surface area contributed by atoms with Gasteiger partial charge in [0.15, 0.2) is 0 Å². The highest BCUT2D eigenvalue weighted by molar-refractivity contribution is 5.18. The number of benzene rings is 1. The van der Waals surface area contributed by atoms with Crippen LogP contribution in [0.25, 0.3) is 0 Å². The third kappa shape index (κ3) is 38.6. The summed E-state index contributed by atoms with van der Waals surface area (Å²) in [5, 5.41) is 55.3. The molecule has 9 nitrogen and oxygen atoms in total. The molecule has 1 aromatic rings. The number of hydrogen-bond donors (Lipinski definition) is 7. The molecule has 0 saturated carbocycles. The number of para-hydroxylation sites is 1. The summed E-state index contributed by atoms with van der Waals surface area (Å²) in [5.41, 5.74) is 0. The monoisotopic (exact) mass is 340 g/mol. The van der Waals surface area contributed by atoms with Crippen LogP contribution in [0.4, 0.5) is 0 Å². The molecule has 0 saturated heterocycles. The Labute approximate surface area is 135 Å². The van der Waals surface area contributed by atoms with Crippen molar-refractivity contribution >= 4 is 0 Å². The lowest BCUT2D eigenvalue weighted by molar-refractivity contribution is -0.300. The fourth-order valence-electron chi connectivity index (χ4n) is 0.620. The zero-order chi connectivity index (χ0) is 18.2. The summed E-state index contributed by atoms with van der Waals surface area (Å²) in [4.78, 5) is 8.63. The zero-order valence-electron chi connectivity index (χ0n) is 13.0. The standard InChI is InChI=1S/C6H6O.C4H10O4.2C2H6O2/c7-6-4-2-1-3-5-6;5-1-3-7-8-4-2-6;2*3-1-2-4/h1-5,7H;5-6H,1-4H2;2*3-4H,1-2H2. The van der Waals surface area contributed by atoms with Crippen LogP contribution in [0.5, 0.6) is 5.75 Å². The van der Waals surface area contributed by atoms with E-state index in [1.54, 1.807) is 24.3 Å². The Morgan fingerprint density at radius 1 is 0.565 bits per heavy atom. The Balaban J connectivity index is -0.000000244. The third-order valence-corrected chi connectivity index (χ3v) is 1.39. The second-order valence-electron chi connectivity index (χ2n) is 3.32. The molecular formula is C14H28O9. The van der Waals surface area contributed by atoms with Gasteiger partial charge in [0.25, 0.3) is 0 Å². The average molecular weight is 340 g/mol. The van der Waals surface area contributed by atoms with Crippen molar-refractivity contribution in [2.75, 3.05) is 52.9 Å². The lowest BCUT2D eigenvalue weighted by atomic mass is 10.3. The van der Waals surface area contributed by atoms with Crippen LogP contribution in [-0.2, 0) is 9.78 Å². The predicted octanol–water partition coefficient (Wildman–Crippen LogP) is -1.75. The van der Waals surface area contributed by atoms with Crippen LogP contribution in [-0.4, -0.2) is 88.6 Å². The first kappa shape index (κ1) is 26.6. The minimum atomic E-state index is -0.125. The fraction of sp³-hybridized carbons (Fsp3) is 0.571. The zero-order valence-corrected chi connectivity index (χ0v) is 13.0. The molecule has 0 aliphatic rings. The van der Waals surface area contributed by atoms with Crippen LogP contribution in [0.1, 0.15) is 0 Å². The van der Waals surface area contributed by atoms with Gasteiger partial charge in [-0.2, -0.15) is 0 Å². The Bertz CT molecular complexity index is 258. The van der Waals surface area contributed by atoms with Crippen LogP contribution in [0.2, 0.25) is 0 Å². The van der Waals surface area contributed by atoms with Crippen molar-refractivity contribution < 1.29 is 45.5 Å². The molecule has 0 bridgehead atoms. The molecule has 0 aliphatic heterocycles. The summed E-state index contributed by atoms with van der Waals surface area (Å²) >= 11 is 0. The average Bonchev–Trinajstić information content (AvgIpc) is 2.60. The minimum absolute atomic E-state index is 0.0641. The highest BCUT2D eigenvalue weighted by atomic mass is 17.2. The number of phenols is 1. The van der Waals surface area contributed by atoms with Crippen molar-refractivity contribution in [1.82, 2.24) is 0 Å². The molecular weight excluding hydrogens is 312 g/mol. The minimum Gasteiger partial charge on any atom is -0.508 e. The normalized spacial score (nSPS) is 8.61. The summed E-state index contributed by atoms with van der Waals surface area (Å²) in [7, 11) is 0. The van der Waals surface area contributed by atoms with Crippen molar-refractivity contribution in [3.05, 3.63) is 30.3 Å². The fourth-order valence-corrected chi connectivity index (χ4v) is 0.620. The van der Waals surface area contributed by atoms with E-state index in [0.29, 0.717) is 5.75 Å². The molecule has 0 fully saturated rings. The summed E-state index contributed by atoms with van der Waals surface area (Å²) < 4.78 is 0. The lowest BCUT2D eigenvalue weighted by Gasteiger charge is -1.97. The summed E-state index contributed by atoms with van der Waals surface area (Å²) in [5.74, 6) is 0.322. The molecule has 23 heavy (non-hydrogen) atoms. The maximum Gasteiger partial charge on any atom is 0.115 e. The molecule has 1 aromatic carbocycles. The van der Waals surface area contributed by atoms with E-state index in [4.69, 9.17) is 35.7 Å². The number of aliphatic hydroxyl groups excluding tert-OH is 6. The molecule has 0 aromatic heterocycles. The molecule has 7 N–H and O–H groups in total. The number of hydrogen-bond acceptors (Lipinski definition) is 9. The van der Waals surface area contributed by atoms with E-state index in [9.17, 15) is 0 Å². The molecule has 0 amide bonds. The Morgan fingerprint density at radius 2 is 0.913 bits per heavy atom. The van der Waals surface area contributed by atoms with Crippen molar-refractivity contribution in [2.45, 2.75) is 0 Å². The Morgan fingerprint density at radius 3 is 1.09 bits per heavy atom. The summed E-state index contributed by atoms with van der Waals surface area (Å²) in [6.45, 7) is -0.323. The van der Waals surface area contributed by atoms with Crippen molar-refractivity contribution in [3.8, 4) is 5.75 Å². The maximum atomic E-state index is 8.63. The summed E-state index contributed by atoms with van der Waals surface area (Å²) in [6.07, 6.45) is 0. The second kappa shape index (κ2) is 28.8. The van der Waals surface area contributed by atoms with Gasteiger partial charge in [-0.1, -0.05) is 18.2 Å². The second-order valence-corrected chi connectivity index (χ2v) is 3.32. The number of aromatic hydroxyl groups is 1. The van der Waals surface area contributed by atoms with E-state index in [-0.39, 0.29) is 52.9 Å². The van der Waals surface area contributed by atoms with E-state index in [1.165, 1.54) is 0 Å². The molecule has 1 rings (SSSR count). The highest BCUT2D eigenvalue weighted by Crippen LogP contribution is 2.02. The molecule has 138 valence electrons. The van der Waals surface area contributed by atoms with Crippen molar-refractivity contribution in [1.29, 1.82) is 0 Å². The number of rotatable bonds is 7. The van der Waals surface area contributed by atoms with Gasteiger partial charge in [0.1, 0.15) is 19.0 Å². The van der Waals surface area contributed by atoms with E-state index < -0.39 is 0 Å². The Hall–Kier alpha value is -1.30. The number of aliphatic hydroxyl groups is 6. The van der Waals surface area contributed by atoms with E-state index >= 15 is 0 Å². The topological polar surface area (TPSA) is 160 Å². The van der Waals surface area contributed by atoms with E-state index in [2.05, 4.69) is 9.78 Å². The van der Waals surface area contributed by atoms with E-state index in [0.717, 1.165) is 0 Å². The van der Waals surface area contributed by atoms with Crippen molar-refractivity contribution in [3.63, 3.8) is 0 Å². The molecule has 0 heterocycles. The van der Waals surface area contributed by atoms with Gasteiger partial charge in [-0.05, 0) is 12.1 Å².